The Morgan fingerprint density at radius 1 is 1.15 bits per heavy atom. The molecule has 20 heavy (non-hydrogen) atoms. The van der Waals surface area contributed by atoms with Gasteiger partial charge in [-0.3, -0.25) is 14.4 Å². The predicted molar refractivity (Wildman–Crippen MR) is 72.4 cm³/mol. The molecular weight excluding hydrogens is 261 g/mol. The van der Waals surface area contributed by atoms with Crippen LogP contribution in [0.15, 0.2) is 24.3 Å². The second-order valence-electron chi connectivity index (χ2n) is 3.98. The van der Waals surface area contributed by atoms with Crippen LogP contribution in [0.25, 0.3) is 0 Å². The molecule has 0 bridgehead atoms. The van der Waals surface area contributed by atoms with Crippen LogP contribution in [0.5, 0.6) is 0 Å². The number of anilines is 1. The number of hydrogen-bond acceptors (Lipinski definition) is 4. The molecule has 4 N–H and O–H groups in total. The Morgan fingerprint density at radius 2 is 1.80 bits per heavy atom. The third-order valence-electron chi connectivity index (χ3n) is 2.27. The minimum absolute atomic E-state index is 0.236. The van der Waals surface area contributed by atoms with Crippen molar-refractivity contribution in [3.63, 3.8) is 0 Å². The molecule has 8 heteroatoms. The lowest BCUT2D eigenvalue weighted by Crippen LogP contribution is -2.35. The number of benzene rings is 1. The zero-order valence-corrected chi connectivity index (χ0v) is 10.7. The van der Waals surface area contributed by atoms with Gasteiger partial charge in [0.25, 0.3) is 8.05 Å². The van der Waals surface area contributed by atoms with Crippen molar-refractivity contribution in [1.82, 2.24) is 5.32 Å². The van der Waals surface area contributed by atoms with E-state index in [1.165, 1.54) is 0 Å². The van der Waals surface area contributed by atoms with Crippen LogP contribution in [0, 0.1) is 0 Å². The lowest BCUT2D eigenvalue weighted by molar-refractivity contribution is -0.129. The van der Waals surface area contributed by atoms with Gasteiger partial charge in [0.2, 0.25) is 17.7 Å². The van der Waals surface area contributed by atoms with Crippen molar-refractivity contribution in [2.45, 2.75) is 13.0 Å². The van der Waals surface area contributed by atoms with E-state index in [2.05, 4.69) is 15.3 Å². The molecular formula is C12H14BN3O4. The Bertz CT molecular complexity index is 490. The molecule has 0 unspecified atom stereocenters. The first-order valence-electron chi connectivity index (χ1n) is 5.76. The second-order valence-corrected chi connectivity index (χ2v) is 3.98. The molecule has 0 saturated carbocycles. The van der Waals surface area contributed by atoms with Crippen molar-refractivity contribution < 1.29 is 19.0 Å². The van der Waals surface area contributed by atoms with Crippen LogP contribution < -0.4 is 16.4 Å². The summed E-state index contributed by atoms with van der Waals surface area (Å²) in [4.78, 5) is 33.1. The Kier molecular flexibility index (Phi) is 6.25. The summed E-state index contributed by atoms with van der Waals surface area (Å²) in [5, 5.41) is 4.86. The molecule has 3 amide bonds. The Hall–Kier alpha value is -2.35. The van der Waals surface area contributed by atoms with E-state index in [1.807, 2.05) is 0 Å². The van der Waals surface area contributed by atoms with E-state index in [-0.39, 0.29) is 13.2 Å². The van der Waals surface area contributed by atoms with E-state index in [4.69, 9.17) is 13.8 Å². The number of carbonyl (C=O) groups excluding carboxylic acids is 3. The van der Waals surface area contributed by atoms with Crippen molar-refractivity contribution in [3.05, 3.63) is 29.8 Å². The number of primary amides is 1. The van der Waals surface area contributed by atoms with Crippen LogP contribution >= 0.6 is 0 Å². The highest BCUT2D eigenvalue weighted by molar-refractivity contribution is 5.99. The van der Waals surface area contributed by atoms with E-state index >= 15 is 0 Å². The van der Waals surface area contributed by atoms with Gasteiger partial charge in [0.1, 0.15) is 6.42 Å². The fourth-order valence-corrected chi connectivity index (χ4v) is 1.39. The van der Waals surface area contributed by atoms with Gasteiger partial charge in [-0.25, -0.2) is 0 Å². The third kappa shape index (κ3) is 6.01. The highest BCUT2D eigenvalue weighted by Gasteiger charge is 2.08. The Labute approximate surface area is 117 Å². The number of nitrogens with two attached hydrogens (primary N) is 1. The first-order valence-corrected chi connectivity index (χ1v) is 5.76. The SMILES string of the molecule is [B]OCc1ccc(NC(=O)CNC(=O)CC(N)=O)cc1. The maximum absolute atomic E-state index is 11.5. The van der Waals surface area contributed by atoms with Crippen molar-refractivity contribution in [1.29, 1.82) is 0 Å². The topological polar surface area (TPSA) is 111 Å². The zero-order chi connectivity index (χ0) is 15.0. The molecule has 1 aromatic carbocycles. The maximum Gasteiger partial charge on any atom is 0.283 e. The van der Waals surface area contributed by atoms with Crippen molar-refractivity contribution >= 4 is 31.5 Å². The molecule has 0 spiro atoms. The highest BCUT2D eigenvalue weighted by Crippen LogP contribution is 2.09. The molecule has 0 aliphatic rings. The van der Waals surface area contributed by atoms with Gasteiger partial charge < -0.3 is 21.0 Å². The van der Waals surface area contributed by atoms with Gasteiger partial charge in [0.05, 0.1) is 13.2 Å². The smallest absolute Gasteiger partial charge is 0.283 e. The normalized spacial score (nSPS) is 9.80. The summed E-state index contributed by atoms with van der Waals surface area (Å²) >= 11 is 0. The minimum Gasteiger partial charge on any atom is -0.444 e. The standard InChI is InChI=1S/C12H14BN3O4/c13-20-7-8-1-3-9(4-2-8)16-12(19)6-15-11(18)5-10(14)17/h1-4H,5-7H2,(H2,14,17)(H,15,18)(H,16,19). The molecule has 0 aliphatic carbocycles. The van der Waals surface area contributed by atoms with Gasteiger partial charge in [0.15, 0.2) is 0 Å². The van der Waals surface area contributed by atoms with Gasteiger partial charge in [-0.05, 0) is 17.7 Å². The van der Waals surface area contributed by atoms with E-state index in [0.29, 0.717) is 5.69 Å². The van der Waals surface area contributed by atoms with Gasteiger partial charge in [-0.15, -0.1) is 0 Å². The first kappa shape index (κ1) is 15.7. The number of hydrogen-bond donors (Lipinski definition) is 3. The molecule has 2 radical (unpaired) electrons. The molecule has 0 saturated heterocycles. The largest absolute Gasteiger partial charge is 0.444 e. The summed E-state index contributed by atoms with van der Waals surface area (Å²) in [6.07, 6.45) is -0.443. The van der Waals surface area contributed by atoms with Crippen LogP contribution in [0.1, 0.15) is 12.0 Å². The van der Waals surface area contributed by atoms with E-state index < -0.39 is 24.1 Å². The minimum atomic E-state index is -0.749. The summed E-state index contributed by atoms with van der Waals surface area (Å²) < 4.78 is 4.47. The van der Waals surface area contributed by atoms with Crippen molar-refractivity contribution in [3.8, 4) is 0 Å². The van der Waals surface area contributed by atoms with E-state index in [9.17, 15) is 14.4 Å². The lowest BCUT2D eigenvalue weighted by atomic mass is 10.2. The van der Waals surface area contributed by atoms with Crippen LogP contribution in [-0.2, 0) is 25.6 Å². The zero-order valence-electron chi connectivity index (χ0n) is 10.7. The summed E-state index contributed by atoms with van der Waals surface area (Å²) in [6, 6.07) is 6.84. The summed E-state index contributed by atoms with van der Waals surface area (Å²) in [5.74, 6) is -1.76. The van der Waals surface area contributed by atoms with Crippen molar-refractivity contribution in [2.75, 3.05) is 11.9 Å². The van der Waals surface area contributed by atoms with E-state index in [1.54, 1.807) is 24.3 Å². The molecule has 1 aromatic rings. The van der Waals surface area contributed by atoms with Crippen LogP contribution in [0.3, 0.4) is 0 Å². The fourth-order valence-electron chi connectivity index (χ4n) is 1.39. The number of carbonyl (C=O) groups is 3. The maximum atomic E-state index is 11.5. The Balaban J connectivity index is 2.38. The summed E-state index contributed by atoms with van der Waals surface area (Å²) in [7, 11) is 4.94. The number of nitrogens with one attached hydrogen (secondary N) is 2. The fraction of sp³-hybridized carbons (Fsp3) is 0.250. The van der Waals surface area contributed by atoms with E-state index in [0.717, 1.165) is 5.56 Å². The number of rotatable bonds is 7. The van der Waals surface area contributed by atoms with Gasteiger partial charge in [0, 0.05) is 5.69 Å². The van der Waals surface area contributed by atoms with Crippen LogP contribution in [-0.4, -0.2) is 32.3 Å². The lowest BCUT2D eigenvalue weighted by Gasteiger charge is -2.07. The average Bonchev–Trinajstić information content (AvgIpc) is 2.38. The Morgan fingerprint density at radius 3 is 2.35 bits per heavy atom. The van der Waals surface area contributed by atoms with Crippen LogP contribution in [0.2, 0.25) is 0 Å². The predicted octanol–water partition coefficient (Wildman–Crippen LogP) is -0.783. The van der Waals surface area contributed by atoms with Crippen LogP contribution in [0.4, 0.5) is 5.69 Å². The quantitative estimate of drug-likeness (QED) is 0.447. The van der Waals surface area contributed by atoms with Gasteiger partial charge in [-0.2, -0.15) is 0 Å². The average molecular weight is 275 g/mol. The molecule has 0 atom stereocenters. The van der Waals surface area contributed by atoms with Gasteiger partial charge in [-0.1, -0.05) is 12.1 Å². The third-order valence-corrected chi connectivity index (χ3v) is 2.27. The second kappa shape index (κ2) is 7.95. The molecule has 0 aliphatic heterocycles. The molecule has 7 nitrogen and oxygen atoms in total. The summed E-state index contributed by atoms with van der Waals surface area (Å²) in [6.45, 7) is 0.0389. The first-order chi connectivity index (χ1) is 9.51. The molecule has 0 fully saturated rings. The van der Waals surface area contributed by atoms with Crippen molar-refractivity contribution in [2.24, 2.45) is 5.73 Å². The molecule has 1 rings (SSSR count). The molecule has 104 valence electrons. The number of amides is 3. The summed E-state index contributed by atoms with van der Waals surface area (Å²) in [5.41, 5.74) is 6.27. The molecule has 0 heterocycles. The molecule has 0 aromatic heterocycles. The van der Waals surface area contributed by atoms with Gasteiger partial charge >= 0.3 is 0 Å². The monoisotopic (exact) mass is 275 g/mol. The highest BCUT2D eigenvalue weighted by atomic mass is 16.4.